The molecule has 0 radical (unpaired) electrons. The molecular formula is C23H31ClN2O2. The van der Waals surface area contributed by atoms with Crippen LogP contribution in [0.2, 0.25) is 0 Å². The lowest BCUT2D eigenvalue weighted by Gasteiger charge is -2.27. The Bertz CT molecular complexity index is 728. The number of benzene rings is 2. The molecule has 4 nitrogen and oxygen atoms in total. The van der Waals surface area contributed by atoms with E-state index in [2.05, 4.69) is 42.6 Å². The lowest BCUT2D eigenvalue weighted by Crippen LogP contribution is -2.46. The van der Waals surface area contributed by atoms with Gasteiger partial charge in [0.2, 0.25) is 0 Å². The smallest absolute Gasteiger partial charge is 0.253 e. The molecular weight excluding hydrogens is 372 g/mol. The van der Waals surface area contributed by atoms with Crippen LogP contribution in [0.25, 0.3) is 0 Å². The number of hydrogen-bond donors (Lipinski definition) is 1. The van der Waals surface area contributed by atoms with E-state index in [1.54, 1.807) is 0 Å². The van der Waals surface area contributed by atoms with Gasteiger partial charge in [-0.25, -0.2) is 0 Å². The van der Waals surface area contributed by atoms with E-state index in [4.69, 9.17) is 4.74 Å². The van der Waals surface area contributed by atoms with E-state index in [9.17, 15) is 4.79 Å². The number of piperazine rings is 1. The average Bonchev–Trinajstić information content (AvgIpc) is 2.72. The number of halogens is 1. The second-order valence-electron chi connectivity index (χ2n) is 7.09. The second-order valence-corrected chi connectivity index (χ2v) is 7.09. The van der Waals surface area contributed by atoms with Crippen molar-refractivity contribution in [3.8, 4) is 5.75 Å². The van der Waals surface area contributed by atoms with Gasteiger partial charge in [0.1, 0.15) is 5.75 Å². The van der Waals surface area contributed by atoms with Crippen molar-refractivity contribution in [1.82, 2.24) is 10.2 Å². The molecule has 28 heavy (non-hydrogen) atoms. The SMILES string of the molecule is CCCc1cccc(OCCCc2ccc(C(=O)N3CCNCC3)cc2)c1.Cl. The molecule has 0 unspecified atom stereocenters. The summed E-state index contributed by atoms with van der Waals surface area (Å²) in [6.07, 6.45) is 4.16. The molecule has 0 aliphatic carbocycles. The van der Waals surface area contributed by atoms with Crippen LogP contribution in [0.15, 0.2) is 48.5 Å². The summed E-state index contributed by atoms with van der Waals surface area (Å²) in [5.74, 6) is 1.09. The van der Waals surface area contributed by atoms with Gasteiger partial charge in [-0.1, -0.05) is 37.6 Å². The summed E-state index contributed by atoms with van der Waals surface area (Å²) in [7, 11) is 0. The Morgan fingerprint density at radius 3 is 2.50 bits per heavy atom. The largest absolute Gasteiger partial charge is 0.494 e. The molecule has 1 fully saturated rings. The fourth-order valence-corrected chi connectivity index (χ4v) is 3.41. The third-order valence-corrected chi connectivity index (χ3v) is 4.92. The van der Waals surface area contributed by atoms with Crippen molar-refractivity contribution in [2.75, 3.05) is 32.8 Å². The van der Waals surface area contributed by atoms with Crippen molar-refractivity contribution >= 4 is 18.3 Å². The molecule has 1 aliphatic heterocycles. The van der Waals surface area contributed by atoms with Crippen molar-refractivity contribution in [2.24, 2.45) is 0 Å². The van der Waals surface area contributed by atoms with Gasteiger partial charge in [0.15, 0.2) is 0 Å². The van der Waals surface area contributed by atoms with Crippen LogP contribution in [0.3, 0.4) is 0 Å². The van der Waals surface area contributed by atoms with E-state index in [1.807, 2.05) is 23.1 Å². The lowest BCUT2D eigenvalue weighted by molar-refractivity contribution is 0.0736. The Morgan fingerprint density at radius 1 is 1.04 bits per heavy atom. The predicted molar refractivity (Wildman–Crippen MR) is 117 cm³/mol. The molecule has 0 saturated carbocycles. The topological polar surface area (TPSA) is 41.6 Å². The maximum Gasteiger partial charge on any atom is 0.253 e. The highest BCUT2D eigenvalue weighted by molar-refractivity contribution is 5.94. The van der Waals surface area contributed by atoms with Gasteiger partial charge < -0.3 is 15.0 Å². The van der Waals surface area contributed by atoms with Crippen molar-refractivity contribution in [3.05, 3.63) is 65.2 Å². The maximum atomic E-state index is 12.5. The second kappa shape index (κ2) is 11.7. The van der Waals surface area contributed by atoms with E-state index in [0.29, 0.717) is 6.61 Å². The molecule has 3 rings (SSSR count). The van der Waals surface area contributed by atoms with Gasteiger partial charge in [-0.3, -0.25) is 4.79 Å². The maximum absolute atomic E-state index is 12.5. The molecule has 1 N–H and O–H groups in total. The zero-order valence-electron chi connectivity index (χ0n) is 16.7. The van der Waals surface area contributed by atoms with E-state index in [-0.39, 0.29) is 18.3 Å². The highest BCUT2D eigenvalue weighted by Gasteiger charge is 2.17. The first-order chi connectivity index (χ1) is 13.3. The zero-order chi connectivity index (χ0) is 18.9. The van der Waals surface area contributed by atoms with Crippen LogP contribution in [0.1, 0.15) is 41.3 Å². The van der Waals surface area contributed by atoms with Crippen molar-refractivity contribution in [3.63, 3.8) is 0 Å². The molecule has 5 heteroatoms. The summed E-state index contributed by atoms with van der Waals surface area (Å²) in [6.45, 7) is 6.23. The van der Waals surface area contributed by atoms with Crippen LogP contribution in [-0.2, 0) is 12.8 Å². The number of carbonyl (C=O) groups is 1. The standard InChI is InChI=1S/C23H30N2O2.ClH/c1-2-5-20-6-3-8-22(18-20)27-17-4-7-19-9-11-21(12-10-19)23(26)25-15-13-24-14-16-25;/h3,6,8-12,18,24H,2,4-5,7,13-17H2,1H3;1H. The van der Waals surface area contributed by atoms with Crippen LogP contribution in [-0.4, -0.2) is 43.6 Å². The fourth-order valence-electron chi connectivity index (χ4n) is 3.41. The number of nitrogens with one attached hydrogen (secondary N) is 1. The van der Waals surface area contributed by atoms with Gasteiger partial charge in [-0.2, -0.15) is 0 Å². The molecule has 0 aromatic heterocycles. The Kier molecular flexibility index (Phi) is 9.32. The first-order valence-electron chi connectivity index (χ1n) is 10.1. The molecule has 152 valence electrons. The summed E-state index contributed by atoms with van der Waals surface area (Å²) in [5.41, 5.74) is 3.36. The number of rotatable bonds is 8. The molecule has 1 saturated heterocycles. The number of hydrogen-bond acceptors (Lipinski definition) is 3. The summed E-state index contributed by atoms with van der Waals surface area (Å²) in [6, 6.07) is 16.4. The highest BCUT2D eigenvalue weighted by atomic mass is 35.5. The first-order valence-corrected chi connectivity index (χ1v) is 10.1. The predicted octanol–water partition coefficient (Wildman–Crippen LogP) is 4.12. The molecule has 2 aromatic carbocycles. The van der Waals surface area contributed by atoms with Gasteiger partial charge in [-0.05, 0) is 54.7 Å². The number of nitrogens with zero attached hydrogens (tertiary/aromatic N) is 1. The zero-order valence-corrected chi connectivity index (χ0v) is 17.5. The molecule has 1 heterocycles. The Morgan fingerprint density at radius 2 is 1.79 bits per heavy atom. The summed E-state index contributed by atoms with van der Waals surface area (Å²) < 4.78 is 5.89. The van der Waals surface area contributed by atoms with Crippen LogP contribution < -0.4 is 10.1 Å². The molecule has 1 amide bonds. The molecule has 2 aromatic rings. The Hall–Kier alpha value is -2.04. The monoisotopic (exact) mass is 402 g/mol. The minimum atomic E-state index is 0. The van der Waals surface area contributed by atoms with Crippen LogP contribution in [0.4, 0.5) is 0 Å². The molecule has 0 atom stereocenters. The molecule has 0 spiro atoms. The Labute approximate surface area is 174 Å². The van der Waals surface area contributed by atoms with Crippen LogP contribution in [0.5, 0.6) is 5.75 Å². The number of aryl methyl sites for hydroxylation is 2. The van der Waals surface area contributed by atoms with Gasteiger partial charge in [0, 0.05) is 31.7 Å². The van der Waals surface area contributed by atoms with Crippen molar-refractivity contribution < 1.29 is 9.53 Å². The van der Waals surface area contributed by atoms with Gasteiger partial charge in [0.25, 0.3) is 5.91 Å². The van der Waals surface area contributed by atoms with Crippen molar-refractivity contribution in [2.45, 2.75) is 32.6 Å². The average molecular weight is 403 g/mol. The van der Waals surface area contributed by atoms with E-state index in [0.717, 1.165) is 63.2 Å². The minimum absolute atomic E-state index is 0. The third-order valence-electron chi connectivity index (χ3n) is 4.92. The Balaban J connectivity index is 0.00000280. The third kappa shape index (κ3) is 6.54. The van der Waals surface area contributed by atoms with Gasteiger partial charge in [0.05, 0.1) is 6.61 Å². The summed E-state index contributed by atoms with van der Waals surface area (Å²) in [5, 5.41) is 3.27. The normalized spacial score (nSPS) is 13.7. The fraction of sp³-hybridized carbons (Fsp3) is 0.435. The minimum Gasteiger partial charge on any atom is -0.494 e. The van der Waals surface area contributed by atoms with Gasteiger partial charge >= 0.3 is 0 Å². The van der Waals surface area contributed by atoms with E-state index in [1.165, 1.54) is 11.1 Å². The molecule has 1 aliphatic rings. The first kappa shape index (κ1) is 22.3. The van der Waals surface area contributed by atoms with Gasteiger partial charge in [-0.15, -0.1) is 12.4 Å². The lowest BCUT2D eigenvalue weighted by atomic mass is 10.1. The summed E-state index contributed by atoms with van der Waals surface area (Å²) in [4.78, 5) is 14.4. The summed E-state index contributed by atoms with van der Waals surface area (Å²) >= 11 is 0. The quantitative estimate of drug-likeness (QED) is 0.675. The number of carbonyl (C=O) groups excluding carboxylic acids is 1. The molecule has 0 bridgehead atoms. The van der Waals surface area contributed by atoms with Crippen LogP contribution in [0, 0.1) is 0 Å². The highest BCUT2D eigenvalue weighted by Crippen LogP contribution is 2.15. The van der Waals surface area contributed by atoms with Crippen molar-refractivity contribution in [1.29, 1.82) is 0 Å². The number of amides is 1. The number of ether oxygens (including phenoxy) is 1. The van der Waals surface area contributed by atoms with E-state index >= 15 is 0 Å². The van der Waals surface area contributed by atoms with E-state index < -0.39 is 0 Å². The van der Waals surface area contributed by atoms with Crippen LogP contribution >= 0.6 is 12.4 Å².